The average molecular weight is 817 g/mol. The standard InChI is InChI=1S/C28H30O9.C12H18O9/c1-15-16(2)21(36-26(30)18-11-7-4-8-12-18)28(37-22-20-14-32-27(34-20)24-23(22)35-24)33-19(15)13-31-25(29)17-9-5-3-6-10-17;13-1-3-5(14)6(15)7(16)11(18-3)21-8-4-2-17-12(19-4)10-9(8)20-10/h3-12,15-16,19-24,27-28H,13-14H2,1-2H3;3-16H,1-2H2/t15-,16?,19?,20?,21-,22+,23+,24?,27+,28-;3?,4?,5-,6?,7+,8-,9-,10?,11+,12-/m01/s1. The minimum absolute atomic E-state index is 0.0385. The van der Waals surface area contributed by atoms with Crippen LogP contribution in [-0.2, 0) is 56.8 Å². The van der Waals surface area contributed by atoms with Gasteiger partial charge in [0.15, 0.2) is 31.3 Å². The molecular weight excluding hydrogens is 768 g/mol. The van der Waals surface area contributed by atoms with Gasteiger partial charge in [0.25, 0.3) is 0 Å². The number of epoxide rings is 2. The van der Waals surface area contributed by atoms with Gasteiger partial charge < -0.3 is 77.3 Å². The Bertz CT molecular complexity index is 1730. The Kier molecular flexibility index (Phi) is 11.6. The summed E-state index contributed by atoms with van der Waals surface area (Å²) in [5.74, 6) is -1.13. The highest BCUT2D eigenvalue weighted by Crippen LogP contribution is 2.46. The number of hydrogen-bond donors (Lipinski definition) is 4. The molecule has 8 fully saturated rings. The minimum Gasteiger partial charge on any atom is -0.459 e. The summed E-state index contributed by atoms with van der Waals surface area (Å²) in [6.45, 7) is 4.28. The molecule has 18 nitrogen and oxygen atoms in total. The molecule has 8 aliphatic heterocycles. The molecule has 316 valence electrons. The third-order valence-electron chi connectivity index (χ3n) is 12.1. The molecule has 10 rings (SSSR count). The maximum atomic E-state index is 13.0. The smallest absolute Gasteiger partial charge is 0.338 e. The Morgan fingerprint density at radius 1 is 0.603 bits per heavy atom. The van der Waals surface area contributed by atoms with Crippen LogP contribution in [0.2, 0.25) is 0 Å². The number of carbonyl (C=O) groups excluding carboxylic acids is 2. The molecule has 0 saturated carbocycles. The average Bonchev–Trinajstić information content (AvgIpc) is 4.15. The fourth-order valence-corrected chi connectivity index (χ4v) is 8.36. The van der Waals surface area contributed by atoms with Gasteiger partial charge in [-0.3, -0.25) is 0 Å². The molecule has 18 heteroatoms. The number of esters is 2. The third-order valence-corrected chi connectivity index (χ3v) is 12.1. The summed E-state index contributed by atoms with van der Waals surface area (Å²) < 4.78 is 69.1. The predicted octanol–water partition coefficient (Wildman–Crippen LogP) is -0.332. The first-order valence-corrected chi connectivity index (χ1v) is 19.7. The fraction of sp³-hybridized carbons (Fsp3) is 0.650. The van der Waals surface area contributed by atoms with Crippen LogP contribution in [0.1, 0.15) is 34.6 Å². The number of fused-ring (bicyclic) bond motifs is 8. The maximum Gasteiger partial charge on any atom is 0.338 e. The number of ether oxygens (including phenoxy) is 12. The molecule has 8 heterocycles. The molecule has 0 amide bonds. The number of rotatable bonds is 10. The zero-order valence-corrected chi connectivity index (χ0v) is 31.7. The van der Waals surface area contributed by atoms with E-state index in [1.54, 1.807) is 48.5 Å². The van der Waals surface area contributed by atoms with E-state index in [0.717, 1.165) is 0 Å². The number of benzene rings is 2. The Hall–Kier alpha value is -3.18. The maximum absolute atomic E-state index is 13.0. The molecule has 0 aliphatic carbocycles. The van der Waals surface area contributed by atoms with E-state index in [0.29, 0.717) is 24.3 Å². The Morgan fingerprint density at radius 2 is 1.14 bits per heavy atom. The van der Waals surface area contributed by atoms with Crippen molar-refractivity contribution in [2.45, 2.75) is 124 Å². The van der Waals surface area contributed by atoms with Crippen molar-refractivity contribution < 1.29 is 86.9 Å². The van der Waals surface area contributed by atoms with Crippen molar-refractivity contribution in [3.05, 3.63) is 71.8 Å². The molecule has 8 unspecified atom stereocenters. The van der Waals surface area contributed by atoms with E-state index in [2.05, 4.69) is 0 Å². The largest absolute Gasteiger partial charge is 0.459 e. The first kappa shape index (κ1) is 40.2. The Labute approximate surface area is 333 Å². The lowest BCUT2D eigenvalue weighted by Crippen LogP contribution is -2.60. The van der Waals surface area contributed by atoms with Crippen LogP contribution in [0.3, 0.4) is 0 Å². The van der Waals surface area contributed by atoms with Crippen molar-refractivity contribution in [3.63, 3.8) is 0 Å². The predicted molar refractivity (Wildman–Crippen MR) is 189 cm³/mol. The fourth-order valence-electron chi connectivity index (χ4n) is 8.36. The van der Waals surface area contributed by atoms with Gasteiger partial charge in [0, 0.05) is 5.92 Å². The van der Waals surface area contributed by atoms with Gasteiger partial charge in [0.05, 0.1) is 37.1 Å². The molecule has 0 aromatic heterocycles. The van der Waals surface area contributed by atoms with Crippen molar-refractivity contribution in [1.29, 1.82) is 0 Å². The molecule has 4 N–H and O–H groups in total. The van der Waals surface area contributed by atoms with Crippen LogP contribution in [0.5, 0.6) is 0 Å². The molecule has 20 atom stereocenters. The number of hydrogen-bond acceptors (Lipinski definition) is 18. The Morgan fingerprint density at radius 3 is 1.71 bits per heavy atom. The monoisotopic (exact) mass is 816 g/mol. The van der Waals surface area contributed by atoms with Crippen LogP contribution < -0.4 is 0 Å². The number of aliphatic hydroxyl groups is 4. The van der Waals surface area contributed by atoms with Crippen molar-refractivity contribution in [2.75, 3.05) is 26.4 Å². The summed E-state index contributed by atoms with van der Waals surface area (Å²) in [4.78, 5) is 25.5. The third kappa shape index (κ3) is 7.92. The minimum atomic E-state index is -1.46. The normalized spacial score (nSPS) is 45.5. The van der Waals surface area contributed by atoms with Gasteiger partial charge in [-0.1, -0.05) is 50.2 Å². The Balaban J connectivity index is 0.000000175. The van der Waals surface area contributed by atoms with Crippen LogP contribution in [0, 0.1) is 11.8 Å². The van der Waals surface area contributed by atoms with Crippen molar-refractivity contribution in [1.82, 2.24) is 0 Å². The summed E-state index contributed by atoms with van der Waals surface area (Å²) in [5.41, 5.74) is 0.909. The summed E-state index contributed by atoms with van der Waals surface area (Å²) >= 11 is 0. The van der Waals surface area contributed by atoms with Crippen molar-refractivity contribution >= 4 is 11.9 Å². The molecule has 58 heavy (non-hydrogen) atoms. The van der Waals surface area contributed by atoms with Gasteiger partial charge in [-0.15, -0.1) is 0 Å². The first-order valence-electron chi connectivity index (χ1n) is 19.7. The van der Waals surface area contributed by atoms with E-state index in [1.165, 1.54) is 0 Å². The van der Waals surface area contributed by atoms with Crippen LogP contribution >= 0.6 is 0 Å². The molecule has 8 aliphatic rings. The lowest BCUT2D eigenvalue weighted by molar-refractivity contribution is -0.319. The van der Waals surface area contributed by atoms with E-state index < -0.39 is 80.0 Å². The van der Waals surface area contributed by atoms with Gasteiger partial charge in [-0.25, -0.2) is 9.59 Å². The van der Waals surface area contributed by atoms with Gasteiger partial charge >= 0.3 is 11.9 Å². The van der Waals surface area contributed by atoms with E-state index in [1.807, 2.05) is 26.0 Å². The highest BCUT2D eigenvalue weighted by atomic mass is 16.8. The molecular formula is C40H48O18. The van der Waals surface area contributed by atoms with Gasteiger partial charge in [0.1, 0.15) is 79.9 Å². The molecule has 2 aromatic rings. The second kappa shape index (κ2) is 16.7. The summed E-state index contributed by atoms with van der Waals surface area (Å²) in [5, 5.41) is 38.6. The molecule has 2 aromatic carbocycles. The molecule has 4 bridgehead atoms. The molecule has 0 spiro atoms. The van der Waals surface area contributed by atoms with Gasteiger partial charge in [-0.05, 0) is 30.2 Å². The lowest BCUT2D eigenvalue weighted by Gasteiger charge is -2.44. The summed E-state index contributed by atoms with van der Waals surface area (Å²) in [7, 11) is 0. The second-order valence-electron chi connectivity index (χ2n) is 15.7. The van der Waals surface area contributed by atoms with Crippen molar-refractivity contribution in [2.24, 2.45) is 11.8 Å². The van der Waals surface area contributed by atoms with Gasteiger partial charge in [0.2, 0.25) is 0 Å². The van der Waals surface area contributed by atoms with Crippen LogP contribution in [-0.4, -0.2) is 169 Å². The molecule has 0 radical (unpaired) electrons. The summed E-state index contributed by atoms with van der Waals surface area (Å²) in [6.07, 6.45) is -11.5. The van der Waals surface area contributed by atoms with E-state index in [-0.39, 0.29) is 67.6 Å². The number of carbonyl (C=O) groups is 2. The highest BCUT2D eigenvalue weighted by Gasteiger charge is 2.64. The number of aliphatic hydroxyl groups excluding tert-OH is 4. The zero-order valence-electron chi connectivity index (χ0n) is 31.7. The van der Waals surface area contributed by atoms with Crippen LogP contribution in [0.25, 0.3) is 0 Å². The van der Waals surface area contributed by atoms with E-state index >= 15 is 0 Å². The second-order valence-corrected chi connectivity index (χ2v) is 15.7. The topological polar surface area (TPSA) is 232 Å². The molecule has 8 saturated heterocycles. The SMILES string of the molecule is CC1[C@H](C)C(COC(=O)c2ccccc2)O[C@@H](O[C@@H]2C3CO[C@H](O3)C3O[C@@H]32)[C@H]1OC(=O)c1ccccc1.OCC1O[C@@H](O[C@@H]2C3CO[C@H](O3)C3O[C@@H]32)[C@@H](O)C(O)[C@@H]1O. The van der Waals surface area contributed by atoms with E-state index in [9.17, 15) is 24.9 Å². The van der Waals surface area contributed by atoms with Crippen LogP contribution in [0.15, 0.2) is 60.7 Å². The zero-order chi connectivity index (χ0) is 40.2. The van der Waals surface area contributed by atoms with Crippen LogP contribution in [0.4, 0.5) is 0 Å². The van der Waals surface area contributed by atoms with Crippen molar-refractivity contribution in [3.8, 4) is 0 Å². The summed E-state index contributed by atoms with van der Waals surface area (Å²) in [6, 6.07) is 17.6. The lowest BCUT2D eigenvalue weighted by atomic mass is 9.83. The van der Waals surface area contributed by atoms with Gasteiger partial charge in [-0.2, -0.15) is 0 Å². The first-order chi connectivity index (χ1) is 28.1. The highest BCUT2D eigenvalue weighted by molar-refractivity contribution is 5.89. The van der Waals surface area contributed by atoms with E-state index in [4.69, 9.17) is 61.9 Å². The quantitative estimate of drug-likeness (QED) is 0.178.